The first-order valence-corrected chi connectivity index (χ1v) is 5.84. The average molecular weight is 238 g/mol. The number of halogens is 1. The first-order chi connectivity index (χ1) is 8.02. The van der Waals surface area contributed by atoms with Gasteiger partial charge in [0.1, 0.15) is 5.82 Å². The molecule has 1 atom stereocenters. The summed E-state index contributed by atoms with van der Waals surface area (Å²) in [4.78, 5) is 11.6. The van der Waals surface area contributed by atoms with Gasteiger partial charge in [0, 0.05) is 18.2 Å². The molecule has 1 aromatic rings. The van der Waals surface area contributed by atoms with Crippen molar-refractivity contribution in [2.24, 2.45) is 5.73 Å². The number of carbonyl (C=O) groups is 1. The number of nitrogens with two attached hydrogens (primary N) is 1. The van der Waals surface area contributed by atoms with Gasteiger partial charge in [-0.1, -0.05) is 13.3 Å². The van der Waals surface area contributed by atoms with Gasteiger partial charge >= 0.3 is 0 Å². The summed E-state index contributed by atoms with van der Waals surface area (Å²) < 4.78 is 13.0. The largest absolute Gasteiger partial charge is 0.327 e. The highest BCUT2D eigenvalue weighted by Gasteiger charge is 2.09. The number of aryl methyl sites for hydroxylation is 1. The smallest absolute Gasteiger partial charge is 0.225 e. The highest BCUT2D eigenvalue weighted by atomic mass is 19.1. The van der Waals surface area contributed by atoms with E-state index in [4.69, 9.17) is 5.73 Å². The lowest BCUT2D eigenvalue weighted by atomic mass is 10.1. The Balaban J connectivity index is 2.53. The molecule has 17 heavy (non-hydrogen) atoms. The number of nitrogens with one attached hydrogen (secondary N) is 1. The summed E-state index contributed by atoms with van der Waals surface area (Å²) in [6, 6.07) is 4.39. The molecule has 3 nitrogen and oxygen atoms in total. The Bertz CT molecular complexity index is 393. The summed E-state index contributed by atoms with van der Waals surface area (Å²) >= 11 is 0. The molecule has 0 aromatic heterocycles. The maximum atomic E-state index is 13.0. The van der Waals surface area contributed by atoms with Gasteiger partial charge in [-0.05, 0) is 37.1 Å². The van der Waals surface area contributed by atoms with Crippen LogP contribution in [0.4, 0.5) is 10.1 Å². The molecule has 0 saturated heterocycles. The normalized spacial score (nSPS) is 12.2. The molecular weight excluding hydrogens is 219 g/mol. The van der Waals surface area contributed by atoms with E-state index in [0.29, 0.717) is 17.7 Å². The van der Waals surface area contributed by atoms with E-state index in [1.807, 2.05) is 6.92 Å². The number of hydrogen-bond donors (Lipinski definition) is 2. The van der Waals surface area contributed by atoms with Crippen LogP contribution < -0.4 is 11.1 Å². The average Bonchev–Trinajstić information content (AvgIpc) is 2.23. The van der Waals surface area contributed by atoms with Crippen LogP contribution in [0.2, 0.25) is 0 Å². The monoisotopic (exact) mass is 238 g/mol. The van der Waals surface area contributed by atoms with Gasteiger partial charge in [0.2, 0.25) is 5.91 Å². The second-order valence-electron chi connectivity index (χ2n) is 4.27. The van der Waals surface area contributed by atoms with Crippen molar-refractivity contribution in [3.8, 4) is 0 Å². The SMILES string of the molecule is CCCC(N)CC(=O)Nc1ccc(F)c(C)c1. The molecule has 0 radical (unpaired) electrons. The third-order valence-corrected chi connectivity index (χ3v) is 2.55. The predicted octanol–water partition coefficient (Wildman–Crippen LogP) is 2.59. The van der Waals surface area contributed by atoms with Crippen LogP contribution in [-0.2, 0) is 4.79 Å². The Labute approximate surface area is 101 Å². The van der Waals surface area contributed by atoms with Gasteiger partial charge in [0.25, 0.3) is 0 Å². The van der Waals surface area contributed by atoms with Crippen LogP contribution in [0.15, 0.2) is 18.2 Å². The maximum Gasteiger partial charge on any atom is 0.225 e. The van der Waals surface area contributed by atoms with Gasteiger partial charge in [-0.3, -0.25) is 4.79 Å². The molecule has 0 heterocycles. The van der Waals surface area contributed by atoms with E-state index in [9.17, 15) is 9.18 Å². The molecule has 3 N–H and O–H groups in total. The summed E-state index contributed by atoms with van der Waals surface area (Å²) in [6.45, 7) is 3.69. The Morgan fingerprint density at radius 3 is 2.82 bits per heavy atom. The molecule has 1 unspecified atom stereocenters. The third kappa shape index (κ3) is 4.53. The number of rotatable bonds is 5. The zero-order chi connectivity index (χ0) is 12.8. The van der Waals surface area contributed by atoms with Crippen molar-refractivity contribution < 1.29 is 9.18 Å². The van der Waals surface area contributed by atoms with Gasteiger partial charge in [0.15, 0.2) is 0 Å². The second kappa shape index (κ2) is 6.35. The van der Waals surface area contributed by atoms with Crippen LogP contribution in [-0.4, -0.2) is 11.9 Å². The summed E-state index contributed by atoms with van der Waals surface area (Å²) in [5.74, 6) is -0.400. The van der Waals surface area contributed by atoms with E-state index in [2.05, 4.69) is 5.32 Å². The predicted molar refractivity (Wildman–Crippen MR) is 67.3 cm³/mol. The topological polar surface area (TPSA) is 55.1 Å². The Kier molecular flexibility index (Phi) is 5.10. The van der Waals surface area contributed by atoms with Gasteiger partial charge < -0.3 is 11.1 Å². The minimum atomic E-state index is -0.273. The van der Waals surface area contributed by atoms with Crippen molar-refractivity contribution in [1.82, 2.24) is 0 Å². The minimum Gasteiger partial charge on any atom is -0.327 e. The minimum absolute atomic E-state index is 0.110. The molecule has 1 amide bonds. The zero-order valence-corrected chi connectivity index (χ0v) is 10.3. The third-order valence-electron chi connectivity index (χ3n) is 2.55. The Hall–Kier alpha value is -1.42. The molecule has 0 aliphatic rings. The van der Waals surface area contributed by atoms with E-state index in [1.54, 1.807) is 19.1 Å². The number of carbonyl (C=O) groups excluding carboxylic acids is 1. The fraction of sp³-hybridized carbons (Fsp3) is 0.462. The summed E-state index contributed by atoms with van der Waals surface area (Å²) in [6.07, 6.45) is 2.09. The lowest BCUT2D eigenvalue weighted by Crippen LogP contribution is -2.26. The van der Waals surface area contributed by atoms with E-state index in [1.165, 1.54) is 6.07 Å². The highest BCUT2D eigenvalue weighted by Crippen LogP contribution is 2.14. The molecule has 0 aliphatic carbocycles. The summed E-state index contributed by atoms with van der Waals surface area (Å²) in [5, 5.41) is 2.71. The van der Waals surface area contributed by atoms with E-state index >= 15 is 0 Å². The Morgan fingerprint density at radius 2 is 2.24 bits per heavy atom. The van der Waals surface area contributed by atoms with Crippen molar-refractivity contribution in [1.29, 1.82) is 0 Å². The van der Waals surface area contributed by atoms with Crippen LogP contribution in [0.1, 0.15) is 31.7 Å². The lowest BCUT2D eigenvalue weighted by molar-refractivity contribution is -0.116. The van der Waals surface area contributed by atoms with Crippen molar-refractivity contribution in [2.45, 2.75) is 39.2 Å². The first-order valence-electron chi connectivity index (χ1n) is 5.84. The lowest BCUT2D eigenvalue weighted by Gasteiger charge is -2.11. The number of hydrogen-bond acceptors (Lipinski definition) is 2. The number of amides is 1. The number of anilines is 1. The van der Waals surface area contributed by atoms with Crippen molar-refractivity contribution in [3.05, 3.63) is 29.6 Å². The quantitative estimate of drug-likeness (QED) is 0.828. The van der Waals surface area contributed by atoms with Gasteiger partial charge in [0.05, 0.1) is 0 Å². The molecule has 1 aromatic carbocycles. The zero-order valence-electron chi connectivity index (χ0n) is 10.3. The van der Waals surface area contributed by atoms with Crippen LogP contribution in [0.5, 0.6) is 0 Å². The van der Waals surface area contributed by atoms with Gasteiger partial charge in [-0.15, -0.1) is 0 Å². The first kappa shape index (κ1) is 13.6. The highest BCUT2D eigenvalue weighted by molar-refractivity contribution is 5.91. The van der Waals surface area contributed by atoms with E-state index < -0.39 is 0 Å². The number of benzene rings is 1. The molecule has 4 heteroatoms. The fourth-order valence-electron chi connectivity index (χ4n) is 1.65. The molecule has 1 rings (SSSR count). The van der Waals surface area contributed by atoms with Crippen LogP contribution in [0, 0.1) is 12.7 Å². The van der Waals surface area contributed by atoms with Crippen LogP contribution in [0.3, 0.4) is 0 Å². The fourth-order valence-corrected chi connectivity index (χ4v) is 1.65. The van der Waals surface area contributed by atoms with Crippen LogP contribution >= 0.6 is 0 Å². The molecule has 0 spiro atoms. The van der Waals surface area contributed by atoms with Crippen molar-refractivity contribution in [3.63, 3.8) is 0 Å². The maximum absolute atomic E-state index is 13.0. The van der Waals surface area contributed by atoms with Crippen molar-refractivity contribution >= 4 is 11.6 Å². The molecule has 94 valence electrons. The molecule has 0 saturated carbocycles. The Morgan fingerprint density at radius 1 is 1.53 bits per heavy atom. The van der Waals surface area contributed by atoms with E-state index in [0.717, 1.165) is 12.8 Å². The van der Waals surface area contributed by atoms with Crippen molar-refractivity contribution in [2.75, 3.05) is 5.32 Å². The summed E-state index contributed by atoms with van der Waals surface area (Å²) in [5.41, 5.74) is 6.90. The molecule has 0 fully saturated rings. The standard InChI is InChI=1S/C13H19FN2O/c1-3-4-10(15)8-13(17)16-11-5-6-12(14)9(2)7-11/h5-7,10H,3-4,8,15H2,1-2H3,(H,16,17). The molecule has 0 aliphatic heterocycles. The second-order valence-corrected chi connectivity index (χ2v) is 4.27. The van der Waals surface area contributed by atoms with Crippen LogP contribution in [0.25, 0.3) is 0 Å². The molecular formula is C13H19FN2O. The van der Waals surface area contributed by atoms with Gasteiger partial charge in [-0.25, -0.2) is 4.39 Å². The van der Waals surface area contributed by atoms with Gasteiger partial charge in [-0.2, -0.15) is 0 Å². The summed E-state index contributed by atoms with van der Waals surface area (Å²) in [7, 11) is 0. The van der Waals surface area contributed by atoms with E-state index in [-0.39, 0.29) is 17.8 Å². The molecule has 0 bridgehead atoms.